The molecule has 1 aromatic carbocycles. The lowest BCUT2D eigenvalue weighted by Crippen LogP contribution is -2.29. The highest BCUT2D eigenvalue weighted by atomic mass is 32.1. The number of nitrogens with one attached hydrogen (secondary N) is 2. The second kappa shape index (κ2) is 7.28. The molecule has 0 bridgehead atoms. The number of carbonyl (C=O) groups is 1. The van der Waals surface area contributed by atoms with Crippen molar-refractivity contribution in [2.75, 3.05) is 35.7 Å². The maximum Gasteiger partial charge on any atom is 0.325 e. The molecule has 3 rings (SSSR count). The largest absolute Gasteiger partial charge is 0.497 e. The van der Waals surface area contributed by atoms with Crippen LogP contribution in [0.15, 0.2) is 24.3 Å². The van der Waals surface area contributed by atoms with Crippen LogP contribution in [0.1, 0.15) is 19.3 Å². The highest BCUT2D eigenvalue weighted by molar-refractivity contribution is 7.19. The lowest BCUT2D eigenvalue weighted by molar-refractivity contribution is 0.262. The molecule has 0 unspecified atom stereocenters. The summed E-state index contributed by atoms with van der Waals surface area (Å²) in [6, 6.07) is 6.79. The molecule has 1 aliphatic rings. The van der Waals surface area contributed by atoms with E-state index in [9.17, 15) is 4.79 Å². The van der Waals surface area contributed by atoms with Crippen LogP contribution in [0.5, 0.6) is 5.75 Å². The summed E-state index contributed by atoms with van der Waals surface area (Å²) in [7, 11) is 1.60. The molecule has 23 heavy (non-hydrogen) atoms. The third-order valence-electron chi connectivity index (χ3n) is 3.61. The van der Waals surface area contributed by atoms with Gasteiger partial charge in [-0.1, -0.05) is 11.3 Å². The number of hydrogen-bond donors (Lipinski definition) is 2. The van der Waals surface area contributed by atoms with Gasteiger partial charge in [0.15, 0.2) is 0 Å². The Bertz CT molecular complexity index is 652. The summed E-state index contributed by atoms with van der Waals surface area (Å²) in [6.45, 7) is 2.01. The maximum atomic E-state index is 12.0. The van der Waals surface area contributed by atoms with E-state index >= 15 is 0 Å². The number of rotatable bonds is 4. The zero-order chi connectivity index (χ0) is 16.1. The van der Waals surface area contributed by atoms with E-state index in [1.807, 2.05) is 0 Å². The van der Waals surface area contributed by atoms with E-state index in [0.717, 1.165) is 24.0 Å². The number of nitrogens with zero attached hydrogens (tertiary/aromatic N) is 3. The Morgan fingerprint density at radius 2 is 1.87 bits per heavy atom. The Labute approximate surface area is 138 Å². The van der Waals surface area contributed by atoms with Gasteiger partial charge in [0, 0.05) is 18.8 Å². The molecule has 2 aromatic rings. The number of methoxy groups -OCH3 is 1. The van der Waals surface area contributed by atoms with Crippen LogP contribution < -0.4 is 20.3 Å². The fraction of sp³-hybridized carbons (Fsp3) is 0.400. The highest BCUT2D eigenvalue weighted by Gasteiger charge is 2.16. The number of ether oxygens (including phenoxy) is 1. The van der Waals surface area contributed by atoms with Crippen molar-refractivity contribution < 1.29 is 9.53 Å². The summed E-state index contributed by atoms with van der Waals surface area (Å²) < 4.78 is 5.08. The number of piperidine rings is 1. The van der Waals surface area contributed by atoms with Gasteiger partial charge < -0.3 is 15.0 Å². The summed E-state index contributed by atoms with van der Waals surface area (Å²) in [4.78, 5) is 14.2. The average molecular weight is 333 g/mol. The van der Waals surface area contributed by atoms with Crippen molar-refractivity contribution >= 4 is 33.3 Å². The van der Waals surface area contributed by atoms with Crippen molar-refractivity contribution in [1.29, 1.82) is 0 Å². The average Bonchev–Trinajstić information content (AvgIpc) is 3.04. The summed E-state index contributed by atoms with van der Waals surface area (Å²) in [5.41, 5.74) is 0.684. The molecule has 8 heteroatoms. The molecule has 0 aliphatic carbocycles. The van der Waals surface area contributed by atoms with Crippen molar-refractivity contribution in [2.24, 2.45) is 0 Å². The summed E-state index contributed by atoms with van der Waals surface area (Å²) in [5, 5.41) is 15.0. The van der Waals surface area contributed by atoms with Crippen molar-refractivity contribution in [2.45, 2.75) is 19.3 Å². The third kappa shape index (κ3) is 4.10. The molecule has 0 saturated carbocycles. The van der Waals surface area contributed by atoms with Gasteiger partial charge in [-0.15, -0.1) is 10.2 Å². The quantitative estimate of drug-likeness (QED) is 0.898. The Morgan fingerprint density at radius 1 is 1.13 bits per heavy atom. The van der Waals surface area contributed by atoms with Crippen LogP contribution in [0.3, 0.4) is 0 Å². The Balaban J connectivity index is 1.55. The number of aromatic nitrogens is 2. The first-order chi connectivity index (χ1) is 11.2. The molecular weight excluding hydrogens is 314 g/mol. The van der Waals surface area contributed by atoms with Crippen LogP contribution in [0.2, 0.25) is 0 Å². The maximum absolute atomic E-state index is 12.0. The van der Waals surface area contributed by atoms with Gasteiger partial charge in [-0.05, 0) is 43.5 Å². The number of carbonyl (C=O) groups excluding carboxylic acids is 1. The smallest absolute Gasteiger partial charge is 0.325 e. The van der Waals surface area contributed by atoms with Crippen LogP contribution in [0.4, 0.5) is 20.7 Å². The number of anilines is 3. The topological polar surface area (TPSA) is 79.4 Å². The molecule has 2 N–H and O–H groups in total. The number of urea groups is 1. The van der Waals surface area contributed by atoms with Gasteiger partial charge >= 0.3 is 6.03 Å². The van der Waals surface area contributed by atoms with Gasteiger partial charge in [0.25, 0.3) is 0 Å². The zero-order valence-corrected chi connectivity index (χ0v) is 13.7. The Hall–Kier alpha value is -2.35. The standard InChI is InChI=1S/C15H19N5O2S/c1-22-12-7-5-11(6-8-12)16-13(21)17-14-18-19-15(23-14)20-9-3-2-4-10-20/h5-8H,2-4,9-10H2,1H3,(H2,16,17,18,21). The Kier molecular flexibility index (Phi) is 4.92. The predicted molar refractivity (Wildman–Crippen MR) is 91.6 cm³/mol. The first kappa shape index (κ1) is 15.5. The first-order valence-corrected chi connectivity index (χ1v) is 8.37. The van der Waals surface area contributed by atoms with E-state index in [0.29, 0.717) is 10.8 Å². The molecule has 7 nitrogen and oxygen atoms in total. The SMILES string of the molecule is COc1ccc(NC(=O)Nc2nnc(N3CCCCC3)s2)cc1. The van der Waals surface area contributed by atoms with Gasteiger partial charge in [0.2, 0.25) is 10.3 Å². The van der Waals surface area contributed by atoms with Gasteiger partial charge in [-0.3, -0.25) is 5.32 Å². The van der Waals surface area contributed by atoms with Crippen molar-refractivity contribution in [1.82, 2.24) is 10.2 Å². The highest BCUT2D eigenvalue weighted by Crippen LogP contribution is 2.26. The molecule has 1 saturated heterocycles. The second-order valence-electron chi connectivity index (χ2n) is 5.25. The fourth-order valence-corrected chi connectivity index (χ4v) is 3.20. The van der Waals surface area contributed by atoms with E-state index in [1.54, 1.807) is 31.4 Å². The molecular formula is C15H19N5O2S. The van der Waals surface area contributed by atoms with Crippen molar-refractivity contribution in [3.63, 3.8) is 0 Å². The molecule has 122 valence electrons. The van der Waals surface area contributed by atoms with E-state index in [-0.39, 0.29) is 6.03 Å². The van der Waals surface area contributed by atoms with E-state index < -0.39 is 0 Å². The molecule has 1 aromatic heterocycles. The number of benzene rings is 1. The molecule has 2 heterocycles. The van der Waals surface area contributed by atoms with Crippen molar-refractivity contribution in [3.05, 3.63) is 24.3 Å². The normalized spacial score (nSPS) is 14.4. The molecule has 1 aliphatic heterocycles. The van der Waals surface area contributed by atoms with Crippen LogP contribution >= 0.6 is 11.3 Å². The third-order valence-corrected chi connectivity index (χ3v) is 4.51. The van der Waals surface area contributed by atoms with E-state index in [2.05, 4.69) is 25.7 Å². The minimum absolute atomic E-state index is 0.337. The van der Waals surface area contributed by atoms with Crippen LogP contribution in [-0.4, -0.2) is 36.4 Å². The van der Waals surface area contributed by atoms with E-state index in [1.165, 1.54) is 30.6 Å². The number of amides is 2. The minimum Gasteiger partial charge on any atom is -0.497 e. The molecule has 2 amide bonds. The minimum atomic E-state index is -0.337. The summed E-state index contributed by atoms with van der Waals surface area (Å²) in [6.07, 6.45) is 3.63. The zero-order valence-electron chi connectivity index (χ0n) is 12.9. The predicted octanol–water partition coefficient (Wildman–Crippen LogP) is 3.18. The van der Waals surface area contributed by atoms with Crippen LogP contribution in [-0.2, 0) is 0 Å². The molecule has 0 radical (unpaired) electrons. The Morgan fingerprint density at radius 3 is 2.57 bits per heavy atom. The van der Waals surface area contributed by atoms with E-state index in [4.69, 9.17) is 4.74 Å². The molecule has 1 fully saturated rings. The van der Waals surface area contributed by atoms with Gasteiger partial charge in [0.05, 0.1) is 7.11 Å². The van der Waals surface area contributed by atoms with Crippen LogP contribution in [0, 0.1) is 0 Å². The summed E-state index contributed by atoms with van der Waals surface area (Å²) >= 11 is 1.40. The van der Waals surface area contributed by atoms with Gasteiger partial charge in [-0.25, -0.2) is 4.79 Å². The van der Waals surface area contributed by atoms with Gasteiger partial charge in [0.1, 0.15) is 5.75 Å². The monoisotopic (exact) mass is 333 g/mol. The number of hydrogen-bond acceptors (Lipinski definition) is 6. The second-order valence-corrected chi connectivity index (χ2v) is 6.20. The molecule has 0 spiro atoms. The fourth-order valence-electron chi connectivity index (χ4n) is 2.41. The molecule has 0 atom stereocenters. The van der Waals surface area contributed by atoms with Crippen LogP contribution in [0.25, 0.3) is 0 Å². The van der Waals surface area contributed by atoms with Crippen molar-refractivity contribution in [3.8, 4) is 5.75 Å². The van der Waals surface area contributed by atoms with Gasteiger partial charge in [-0.2, -0.15) is 0 Å². The summed E-state index contributed by atoms with van der Waals surface area (Å²) in [5.74, 6) is 0.742. The lowest BCUT2D eigenvalue weighted by atomic mass is 10.1. The lowest BCUT2D eigenvalue weighted by Gasteiger charge is -2.25. The first-order valence-electron chi connectivity index (χ1n) is 7.55.